The first-order valence-electron chi connectivity index (χ1n) is 8.93. The fraction of sp³-hybridized carbons (Fsp3) is 0.350. The van der Waals surface area contributed by atoms with Crippen LogP contribution in [0.1, 0.15) is 17.8 Å². The highest BCUT2D eigenvalue weighted by Crippen LogP contribution is 2.48. The van der Waals surface area contributed by atoms with E-state index in [0.29, 0.717) is 23.5 Å². The lowest BCUT2D eigenvalue weighted by Crippen LogP contribution is -2.39. The Balaban J connectivity index is 1.45. The van der Waals surface area contributed by atoms with Crippen LogP contribution in [0.15, 0.2) is 42.7 Å². The highest BCUT2D eigenvalue weighted by Gasteiger charge is 2.51. The molecule has 0 spiro atoms. The van der Waals surface area contributed by atoms with Crippen LogP contribution in [0.2, 0.25) is 0 Å². The van der Waals surface area contributed by atoms with Crippen LogP contribution in [0, 0.1) is 36.4 Å². The zero-order valence-corrected chi connectivity index (χ0v) is 14.8. The molecule has 1 saturated carbocycles. The Bertz CT molecular complexity index is 936. The van der Waals surface area contributed by atoms with Gasteiger partial charge in [-0.25, -0.2) is 9.37 Å². The number of nitrogens with one attached hydrogen (secondary N) is 1. The Morgan fingerprint density at radius 3 is 2.67 bits per heavy atom. The Morgan fingerprint density at radius 1 is 1.30 bits per heavy atom. The lowest BCUT2D eigenvalue weighted by molar-refractivity contribution is -0.147. The molecule has 2 aromatic rings. The second-order valence-corrected chi connectivity index (χ2v) is 7.19. The lowest BCUT2D eigenvalue weighted by atomic mass is 9.82. The maximum atomic E-state index is 14.5. The van der Waals surface area contributed by atoms with Gasteiger partial charge >= 0.3 is 5.97 Å². The quantitative estimate of drug-likeness (QED) is 0.793. The highest BCUT2D eigenvalue weighted by molar-refractivity contribution is 5.86. The Kier molecular flexibility index (Phi) is 4.30. The zero-order valence-electron chi connectivity index (χ0n) is 14.8. The number of aromatic nitrogens is 2. The topological polar surface area (TPSA) is 84.2 Å². The van der Waals surface area contributed by atoms with Gasteiger partial charge in [-0.2, -0.15) is 0 Å². The molecule has 6 nitrogen and oxygen atoms in total. The average Bonchev–Trinajstić information content (AvgIpc) is 3.35. The summed E-state index contributed by atoms with van der Waals surface area (Å²) >= 11 is 0. The number of allylic oxidation sites excluding steroid dienone is 2. The molecule has 7 heteroatoms. The molecule has 1 fully saturated rings. The predicted octanol–water partition coefficient (Wildman–Crippen LogP) is 2.46. The number of hydrogen-bond donors (Lipinski definition) is 2. The molecule has 140 valence electrons. The van der Waals surface area contributed by atoms with E-state index in [2.05, 4.69) is 10.3 Å². The van der Waals surface area contributed by atoms with Gasteiger partial charge in [-0.3, -0.25) is 9.59 Å². The fourth-order valence-electron chi connectivity index (χ4n) is 4.31. The molecule has 4 rings (SSSR count). The van der Waals surface area contributed by atoms with Gasteiger partial charge in [0.05, 0.1) is 17.5 Å². The van der Waals surface area contributed by atoms with Crippen molar-refractivity contribution in [3.05, 3.63) is 59.9 Å². The molecule has 2 bridgehead atoms. The molecule has 2 aliphatic carbocycles. The summed E-state index contributed by atoms with van der Waals surface area (Å²) in [6.07, 6.45) is 7.84. The standard InChI is InChI=1S/C20H20FN3O3/c1-11-22-6-7-24(11)16-5-2-12(8-15(16)21)10-23-19(25)17-13-3-4-14(9-13)18(17)20(26)27/h2-8,13-14,17-18H,9-10H2,1H3,(H,23,25)(H,26,27)/t13-,14-,17+,18-/m0/s1. The van der Waals surface area contributed by atoms with Crippen LogP contribution in [-0.2, 0) is 16.1 Å². The first kappa shape index (κ1) is 17.5. The minimum absolute atomic E-state index is 0.0283. The van der Waals surface area contributed by atoms with Gasteiger partial charge in [0.15, 0.2) is 0 Å². The number of aliphatic carboxylic acids is 1. The van der Waals surface area contributed by atoms with E-state index in [1.807, 2.05) is 12.2 Å². The van der Waals surface area contributed by atoms with Crippen molar-refractivity contribution >= 4 is 11.9 Å². The second kappa shape index (κ2) is 6.64. The van der Waals surface area contributed by atoms with Gasteiger partial charge in [0, 0.05) is 18.9 Å². The summed E-state index contributed by atoms with van der Waals surface area (Å²) in [6, 6.07) is 4.77. The second-order valence-electron chi connectivity index (χ2n) is 7.19. The van der Waals surface area contributed by atoms with E-state index in [-0.39, 0.29) is 24.3 Å². The summed E-state index contributed by atoms with van der Waals surface area (Å²) in [4.78, 5) is 28.2. The van der Waals surface area contributed by atoms with Crippen molar-refractivity contribution in [1.82, 2.24) is 14.9 Å². The first-order valence-corrected chi connectivity index (χ1v) is 8.93. The van der Waals surface area contributed by atoms with E-state index in [1.165, 1.54) is 6.07 Å². The minimum atomic E-state index is -0.932. The largest absolute Gasteiger partial charge is 0.481 e. The predicted molar refractivity (Wildman–Crippen MR) is 95.5 cm³/mol. The Hall–Kier alpha value is -2.96. The van der Waals surface area contributed by atoms with Crippen LogP contribution >= 0.6 is 0 Å². The van der Waals surface area contributed by atoms with E-state index in [9.17, 15) is 19.1 Å². The summed E-state index contributed by atoms with van der Waals surface area (Å²) in [6.45, 7) is 1.94. The maximum absolute atomic E-state index is 14.5. The normalized spacial score (nSPS) is 25.7. The van der Waals surface area contributed by atoms with E-state index in [1.54, 1.807) is 36.0 Å². The van der Waals surface area contributed by atoms with E-state index in [4.69, 9.17) is 0 Å². The smallest absolute Gasteiger partial charge is 0.307 e. The summed E-state index contributed by atoms with van der Waals surface area (Å²) < 4.78 is 16.1. The van der Waals surface area contributed by atoms with Crippen LogP contribution in [0.3, 0.4) is 0 Å². The number of fused-ring (bicyclic) bond motifs is 2. The molecule has 2 N–H and O–H groups in total. The van der Waals surface area contributed by atoms with Crippen molar-refractivity contribution in [2.75, 3.05) is 0 Å². The van der Waals surface area contributed by atoms with Gasteiger partial charge in [-0.05, 0) is 42.9 Å². The number of imidazole rings is 1. The summed E-state index contributed by atoms with van der Waals surface area (Å²) in [5.41, 5.74) is 1.01. The average molecular weight is 369 g/mol. The number of halogens is 1. The van der Waals surface area contributed by atoms with E-state index >= 15 is 0 Å². The van der Waals surface area contributed by atoms with Crippen LogP contribution in [0.5, 0.6) is 0 Å². The molecule has 27 heavy (non-hydrogen) atoms. The molecule has 1 amide bonds. The van der Waals surface area contributed by atoms with Crippen LogP contribution < -0.4 is 5.32 Å². The molecule has 0 radical (unpaired) electrons. The zero-order chi connectivity index (χ0) is 19.1. The molecular formula is C20H20FN3O3. The maximum Gasteiger partial charge on any atom is 0.307 e. The van der Waals surface area contributed by atoms with Crippen molar-refractivity contribution in [2.45, 2.75) is 19.9 Å². The van der Waals surface area contributed by atoms with Crippen molar-refractivity contribution in [3.63, 3.8) is 0 Å². The number of rotatable bonds is 5. The number of benzene rings is 1. The summed E-state index contributed by atoms with van der Waals surface area (Å²) in [7, 11) is 0. The fourth-order valence-corrected chi connectivity index (χ4v) is 4.31. The third kappa shape index (κ3) is 3.03. The monoisotopic (exact) mass is 369 g/mol. The van der Waals surface area contributed by atoms with Crippen LogP contribution in [0.4, 0.5) is 4.39 Å². The number of carboxylic acids is 1. The van der Waals surface area contributed by atoms with Crippen molar-refractivity contribution in [2.24, 2.45) is 23.7 Å². The molecule has 0 saturated heterocycles. The number of nitrogens with zero attached hydrogens (tertiary/aromatic N) is 2. The minimum Gasteiger partial charge on any atom is -0.481 e. The van der Waals surface area contributed by atoms with Gasteiger partial charge in [0.1, 0.15) is 11.6 Å². The number of carbonyl (C=O) groups excluding carboxylic acids is 1. The SMILES string of the molecule is Cc1nccn1-c1ccc(CNC(=O)[C@H]2[C@@H](C(=O)O)[C@H]3C=C[C@H]2C3)cc1F. The number of aryl methyl sites for hydroxylation is 1. The van der Waals surface area contributed by atoms with Crippen molar-refractivity contribution in [3.8, 4) is 5.69 Å². The third-order valence-corrected chi connectivity index (χ3v) is 5.61. The third-order valence-electron chi connectivity index (χ3n) is 5.61. The molecular weight excluding hydrogens is 349 g/mol. The number of amides is 1. The molecule has 4 atom stereocenters. The molecule has 2 aliphatic rings. The number of hydrogen-bond acceptors (Lipinski definition) is 3. The molecule has 1 aromatic carbocycles. The Labute approximate surface area is 155 Å². The van der Waals surface area contributed by atoms with Crippen molar-refractivity contribution < 1.29 is 19.1 Å². The van der Waals surface area contributed by atoms with Crippen molar-refractivity contribution in [1.29, 1.82) is 0 Å². The van der Waals surface area contributed by atoms with Crippen LogP contribution in [0.25, 0.3) is 5.69 Å². The lowest BCUT2D eigenvalue weighted by Gasteiger charge is -2.23. The molecule has 1 aromatic heterocycles. The first-order chi connectivity index (χ1) is 13.0. The Morgan fingerprint density at radius 2 is 2.04 bits per heavy atom. The molecule has 0 unspecified atom stereocenters. The summed E-state index contributed by atoms with van der Waals surface area (Å²) in [5.74, 6) is -2.28. The summed E-state index contributed by atoms with van der Waals surface area (Å²) in [5, 5.41) is 12.2. The van der Waals surface area contributed by atoms with E-state index in [0.717, 1.165) is 0 Å². The van der Waals surface area contributed by atoms with E-state index < -0.39 is 23.6 Å². The van der Waals surface area contributed by atoms with Gasteiger partial charge in [0.2, 0.25) is 5.91 Å². The number of carboxylic acid groups (broad SMARTS) is 1. The van der Waals surface area contributed by atoms with Gasteiger partial charge in [-0.15, -0.1) is 0 Å². The highest BCUT2D eigenvalue weighted by atomic mass is 19.1. The van der Waals surface area contributed by atoms with Gasteiger partial charge < -0.3 is 15.0 Å². The van der Waals surface area contributed by atoms with Crippen LogP contribution in [-0.4, -0.2) is 26.5 Å². The number of carbonyl (C=O) groups is 2. The molecule has 1 heterocycles. The van der Waals surface area contributed by atoms with Gasteiger partial charge in [-0.1, -0.05) is 18.2 Å². The van der Waals surface area contributed by atoms with Gasteiger partial charge in [0.25, 0.3) is 0 Å². The molecule has 0 aliphatic heterocycles.